The first-order chi connectivity index (χ1) is 9.92. The van der Waals surface area contributed by atoms with Crippen molar-refractivity contribution in [2.75, 3.05) is 19.7 Å². The van der Waals surface area contributed by atoms with Gasteiger partial charge in [0.1, 0.15) is 0 Å². The quantitative estimate of drug-likeness (QED) is 0.927. The Balaban J connectivity index is 2.02. The van der Waals surface area contributed by atoms with Gasteiger partial charge in [0.15, 0.2) is 0 Å². The molecule has 2 rings (SSSR count). The van der Waals surface area contributed by atoms with Gasteiger partial charge in [-0.05, 0) is 41.9 Å². The van der Waals surface area contributed by atoms with Crippen molar-refractivity contribution in [3.63, 3.8) is 0 Å². The molecule has 1 atom stereocenters. The molecule has 1 fully saturated rings. The normalized spacial score (nSPS) is 19.6. The summed E-state index contributed by atoms with van der Waals surface area (Å²) in [5.41, 5.74) is 0.907. The number of benzene rings is 1. The Bertz CT molecular complexity index is 484. The van der Waals surface area contributed by atoms with Gasteiger partial charge in [0.25, 0.3) is 0 Å². The Labute approximate surface area is 131 Å². The maximum atomic E-state index is 12.5. The van der Waals surface area contributed by atoms with Crippen LogP contribution in [-0.2, 0) is 10.2 Å². The lowest BCUT2D eigenvalue weighted by Crippen LogP contribution is -2.42. The van der Waals surface area contributed by atoms with Gasteiger partial charge >= 0.3 is 0 Å². The molecule has 1 aliphatic heterocycles. The van der Waals surface area contributed by atoms with E-state index in [9.17, 15) is 9.90 Å². The summed E-state index contributed by atoms with van der Waals surface area (Å²) in [4.78, 5) is 14.4. The summed E-state index contributed by atoms with van der Waals surface area (Å²) in [5.74, 6) is 0.412. The van der Waals surface area contributed by atoms with Gasteiger partial charge in [-0.2, -0.15) is 0 Å². The fraction of sp³-hybridized carbons (Fsp3) is 0.588. The molecular weight excluding hydrogens is 286 g/mol. The van der Waals surface area contributed by atoms with Crippen molar-refractivity contribution in [1.82, 2.24) is 4.90 Å². The summed E-state index contributed by atoms with van der Waals surface area (Å²) in [6, 6.07) is 7.71. The summed E-state index contributed by atoms with van der Waals surface area (Å²) in [7, 11) is 0. The van der Waals surface area contributed by atoms with Gasteiger partial charge in [-0.1, -0.05) is 37.6 Å². The number of likely N-dealkylation sites (tertiary alicyclic amines) is 1. The van der Waals surface area contributed by atoms with Gasteiger partial charge in [-0.25, -0.2) is 0 Å². The number of halogens is 1. The highest BCUT2D eigenvalue weighted by Crippen LogP contribution is 2.29. The highest BCUT2D eigenvalue weighted by atomic mass is 35.5. The summed E-state index contributed by atoms with van der Waals surface area (Å²) in [6.07, 6.45) is 2.48. The molecule has 4 heteroatoms. The predicted octanol–water partition coefficient (Wildman–Crippen LogP) is 3.24. The Hall–Kier alpha value is -1.06. The molecule has 1 aromatic rings. The average Bonchev–Trinajstić information content (AvgIpc) is 2.47. The minimum Gasteiger partial charge on any atom is -0.396 e. The van der Waals surface area contributed by atoms with Crippen LogP contribution in [0, 0.1) is 5.92 Å². The molecule has 1 amide bonds. The number of hydrogen-bond acceptors (Lipinski definition) is 2. The Morgan fingerprint density at radius 1 is 1.38 bits per heavy atom. The maximum Gasteiger partial charge on any atom is 0.223 e. The number of piperidine rings is 1. The molecule has 0 bridgehead atoms. The molecular formula is C17H24ClNO2. The van der Waals surface area contributed by atoms with E-state index in [4.69, 9.17) is 11.6 Å². The number of rotatable bonds is 4. The molecule has 1 N–H and O–H groups in total. The summed E-state index contributed by atoms with van der Waals surface area (Å²) < 4.78 is 0. The van der Waals surface area contributed by atoms with E-state index < -0.39 is 0 Å². The standard InChI is InChI=1S/C17H24ClNO2/c1-17(2,14-5-7-15(18)8-6-14)10-16(21)19-9-3-4-13(11-19)12-20/h5-8,13,20H,3-4,9-12H2,1-2H3. The van der Waals surface area contributed by atoms with Gasteiger partial charge in [-0.3, -0.25) is 4.79 Å². The molecule has 1 unspecified atom stereocenters. The first-order valence-electron chi connectivity index (χ1n) is 7.57. The number of aliphatic hydroxyl groups excluding tert-OH is 1. The topological polar surface area (TPSA) is 40.5 Å². The second kappa shape index (κ2) is 6.80. The van der Waals surface area contributed by atoms with E-state index in [1.165, 1.54) is 0 Å². The van der Waals surface area contributed by atoms with E-state index in [1.54, 1.807) is 0 Å². The highest BCUT2D eigenvalue weighted by Gasteiger charge is 2.29. The molecule has 0 spiro atoms. The largest absolute Gasteiger partial charge is 0.396 e. The van der Waals surface area contributed by atoms with Crippen molar-refractivity contribution >= 4 is 17.5 Å². The third-order valence-corrected chi connectivity index (χ3v) is 4.60. The number of aliphatic hydroxyl groups is 1. The molecule has 1 aromatic carbocycles. The zero-order valence-electron chi connectivity index (χ0n) is 12.8. The molecule has 0 aromatic heterocycles. The number of carbonyl (C=O) groups excluding carboxylic acids is 1. The second-order valence-corrected chi connectivity index (χ2v) is 7.03. The lowest BCUT2D eigenvalue weighted by atomic mass is 9.81. The van der Waals surface area contributed by atoms with Gasteiger partial charge in [0.2, 0.25) is 5.91 Å². The maximum absolute atomic E-state index is 12.5. The van der Waals surface area contributed by atoms with Crippen LogP contribution in [-0.4, -0.2) is 35.6 Å². The Morgan fingerprint density at radius 3 is 2.67 bits per heavy atom. The molecule has 0 aliphatic carbocycles. The molecule has 21 heavy (non-hydrogen) atoms. The lowest BCUT2D eigenvalue weighted by molar-refractivity contribution is -0.134. The molecule has 1 saturated heterocycles. The van der Waals surface area contributed by atoms with Gasteiger partial charge < -0.3 is 10.0 Å². The highest BCUT2D eigenvalue weighted by molar-refractivity contribution is 6.30. The van der Waals surface area contributed by atoms with Crippen LogP contribution in [0.15, 0.2) is 24.3 Å². The van der Waals surface area contributed by atoms with E-state index in [-0.39, 0.29) is 23.8 Å². The smallest absolute Gasteiger partial charge is 0.223 e. The van der Waals surface area contributed by atoms with E-state index in [0.29, 0.717) is 18.0 Å². The van der Waals surface area contributed by atoms with Crippen molar-refractivity contribution in [1.29, 1.82) is 0 Å². The van der Waals surface area contributed by atoms with Crippen LogP contribution >= 0.6 is 11.6 Å². The third-order valence-electron chi connectivity index (χ3n) is 4.35. The van der Waals surface area contributed by atoms with Crippen molar-refractivity contribution < 1.29 is 9.90 Å². The fourth-order valence-electron chi connectivity index (χ4n) is 2.93. The Kier molecular flexibility index (Phi) is 5.28. The van der Waals surface area contributed by atoms with Crippen LogP contribution in [0.4, 0.5) is 0 Å². The number of carbonyl (C=O) groups is 1. The molecule has 1 heterocycles. The van der Waals surface area contributed by atoms with Gasteiger partial charge in [0.05, 0.1) is 0 Å². The summed E-state index contributed by atoms with van der Waals surface area (Å²) in [5, 5.41) is 9.99. The molecule has 1 aliphatic rings. The fourth-order valence-corrected chi connectivity index (χ4v) is 3.06. The van der Waals surface area contributed by atoms with Crippen molar-refractivity contribution in [2.24, 2.45) is 5.92 Å². The van der Waals surface area contributed by atoms with Crippen molar-refractivity contribution in [2.45, 2.75) is 38.5 Å². The van der Waals surface area contributed by atoms with E-state index in [2.05, 4.69) is 13.8 Å². The van der Waals surface area contributed by atoms with Crippen LogP contribution < -0.4 is 0 Å². The van der Waals surface area contributed by atoms with Crippen LogP contribution in [0.2, 0.25) is 5.02 Å². The van der Waals surface area contributed by atoms with Gasteiger partial charge in [0, 0.05) is 31.1 Å². The molecule has 0 radical (unpaired) electrons. The monoisotopic (exact) mass is 309 g/mol. The first kappa shape index (κ1) is 16.3. The van der Waals surface area contributed by atoms with Crippen molar-refractivity contribution in [3.05, 3.63) is 34.9 Å². The SMILES string of the molecule is CC(C)(CC(=O)N1CCCC(CO)C1)c1ccc(Cl)cc1. The van der Waals surface area contributed by atoms with Crippen LogP contribution in [0.5, 0.6) is 0 Å². The van der Waals surface area contributed by atoms with E-state index in [0.717, 1.165) is 24.9 Å². The molecule has 116 valence electrons. The van der Waals surface area contributed by atoms with Crippen molar-refractivity contribution in [3.8, 4) is 0 Å². The number of amides is 1. The minimum absolute atomic E-state index is 0.171. The predicted molar refractivity (Wildman–Crippen MR) is 85.5 cm³/mol. The van der Waals surface area contributed by atoms with Gasteiger partial charge in [-0.15, -0.1) is 0 Å². The third kappa shape index (κ3) is 4.21. The summed E-state index contributed by atoms with van der Waals surface area (Å²) >= 11 is 5.92. The average molecular weight is 310 g/mol. The number of nitrogens with zero attached hydrogens (tertiary/aromatic N) is 1. The molecule has 0 saturated carbocycles. The number of hydrogen-bond donors (Lipinski definition) is 1. The van der Waals surface area contributed by atoms with E-state index in [1.807, 2.05) is 29.2 Å². The lowest BCUT2D eigenvalue weighted by Gasteiger charge is -2.34. The zero-order chi connectivity index (χ0) is 15.5. The van der Waals surface area contributed by atoms with Crippen LogP contribution in [0.3, 0.4) is 0 Å². The van der Waals surface area contributed by atoms with E-state index >= 15 is 0 Å². The first-order valence-corrected chi connectivity index (χ1v) is 7.95. The van der Waals surface area contributed by atoms with Crippen LogP contribution in [0.25, 0.3) is 0 Å². The Morgan fingerprint density at radius 2 is 2.05 bits per heavy atom. The van der Waals surface area contributed by atoms with Crippen LogP contribution in [0.1, 0.15) is 38.7 Å². The zero-order valence-corrected chi connectivity index (χ0v) is 13.6. The second-order valence-electron chi connectivity index (χ2n) is 6.60. The summed E-state index contributed by atoms with van der Waals surface area (Å²) in [6.45, 7) is 5.84. The minimum atomic E-state index is -0.214. The molecule has 3 nitrogen and oxygen atoms in total.